The Morgan fingerprint density at radius 3 is 2.16 bits per heavy atom. The molecule has 5 nitrogen and oxygen atoms in total. The van der Waals surface area contributed by atoms with Crippen molar-refractivity contribution >= 4 is 17.7 Å². The van der Waals surface area contributed by atoms with E-state index in [9.17, 15) is 9.59 Å². The quantitative estimate of drug-likeness (QED) is 0.908. The van der Waals surface area contributed by atoms with Crippen LogP contribution < -0.4 is 4.90 Å². The zero-order chi connectivity index (χ0) is 14.6. The van der Waals surface area contributed by atoms with E-state index in [4.69, 9.17) is 5.11 Å². The standard InChI is InChI=1S/C14H20N2O3/c1-10(2)16(9-13(17)18)14(19)15(4)12-7-5-11(3)6-8-12/h5-8,10H,9H2,1-4H3,(H,17,18). The van der Waals surface area contributed by atoms with E-state index in [1.54, 1.807) is 20.9 Å². The number of carboxylic acids is 1. The normalized spacial score (nSPS) is 10.4. The highest BCUT2D eigenvalue weighted by atomic mass is 16.4. The molecule has 0 atom stereocenters. The molecule has 0 bridgehead atoms. The lowest BCUT2D eigenvalue weighted by Crippen LogP contribution is -2.47. The van der Waals surface area contributed by atoms with Gasteiger partial charge < -0.3 is 10.0 Å². The van der Waals surface area contributed by atoms with Gasteiger partial charge in [-0.3, -0.25) is 9.69 Å². The van der Waals surface area contributed by atoms with Gasteiger partial charge in [-0.2, -0.15) is 0 Å². The van der Waals surface area contributed by atoms with E-state index in [1.807, 2.05) is 31.2 Å². The minimum atomic E-state index is -1.01. The summed E-state index contributed by atoms with van der Waals surface area (Å²) >= 11 is 0. The van der Waals surface area contributed by atoms with Crippen LogP contribution in [0.15, 0.2) is 24.3 Å². The summed E-state index contributed by atoms with van der Waals surface area (Å²) in [6.45, 7) is 5.26. The fourth-order valence-corrected chi connectivity index (χ4v) is 1.69. The number of aryl methyl sites for hydroxylation is 1. The average Bonchev–Trinajstić information content (AvgIpc) is 2.34. The van der Waals surface area contributed by atoms with Crippen LogP contribution in [0, 0.1) is 6.92 Å². The van der Waals surface area contributed by atoms with Gasteiger partial charge >= 0.3 is 12.0 Å². The lowest BCUT2D eigenvalue weighted by atomic mass is 10.2. The van der Waals surface area contributed by atoms with Gasteiger partial charge in [-0.05, 0) is 32.9 Å². The first kappa shape index (κ1) is 15.0. The third-order valence-corrected chi connectivity index (χ3v) is 2.88. The van der Waals surface area contributed by atoms with Crippen LogP contribution in [0.1, 0.15) is 19.4 Å². The lowest BCUT2D eigenvalue weighted by molar-refractivity contribution is -0.137. The molecule has 0 radical (unpaired) electrons. The van der Waals surface area contributed by atoms with Gasteiger partial charge in [0.25, 0.3) is 0 Å². The SMILES string of the molecule is Cc1ccc(N(C)C(=O)N(CC(=O)O)C(C)C)cc1. The molecule has 0 saturated carbocycles. The first-order valence-electron chi connectivity index (χ1n) is 6.15. The van der Waals surface area contributed by atoms with Crippen LogP contribution in [0.5, 0.6) is 0 Å². The molecule has 2 amide bonds. The highest BCUT2D eigenvalue weighted by molar-refractivity contribution is 5.93. The second kappa shape index (κ2) is 6.22. The molecule has 0 aliphatic carbocycles. The number of hydrogen-bond acceptors (Lipinski definition) is 2. The van der Waals surface area contributed by atoms with E-state index in [0.29, 0.717) is 0 Å². The number of rotatable bonds is 4. The van der Waals surface area contributed by atoms with Crippen molar-refractivity contribution < 1.29 is 14.7 Å². The number of hydrogen-bond donors (Lipinski definition) is 1. The zero-order valence-corrected chi connectivity index (χ0v) is 11.8. The Kier molecular flexibility index (Phi) is 4.92. The van der Waals surface area contributed by atoms with Gasteiger partial charge in [0.05, 0.1) is 0 Å². The Bertz CT molecular complexity index is 454. The summed E-state index contributed by atoms with van der Waals surface area (Å²) in [5.41, 5.74) is 1.85. The number of amides is 2. The highest BCUT2D eigenvalue weighted by Crippen LogP contribution is 2.16. The number of urea groups is 1. The van der Waals surface area contributed by atoms with Crippen LogP contribution in [0.25, 0.3) is 0 Å². The Morgan fingerprint density at radius 2 is 1.74 bits per heavy atom. The molecular formula is C14H20N2O3. The molecule has 0 aliphatic heterocycles. The summed E-state index contributed by atoms with van der Waals surface area (Å²) in [7, 11) is 1.64. The molecule has 0 aliphatic rings. The third kappa shape index (κ3) is 3.98. The third-order valence-electron chi connectivity index (χ3n) is 2.88. The van der Waals surface area contributed by atoms with Gasteiger partial charge in [0.1, 0.15) is 6.54 Å². The van der Waals surface area contributed by atoms with Gasteiger partial charge in [-0.1, -0.05) is 17.7 Å². The van der Waals surface area contributed by atoms with E-state index in [2.05, 4.69) is 0 Å². The molecule has 0 aromatic heterocycles. The number of aliphatic carboxylic acids is 1. The summed E-state index contributed by atoms with van der Waals surface area (Å²) in [5, 5.41) is 8.86. The summed E-state index contributed by atoms with van der Waals surface area (Å²) in [6.07, 6.45) is 0. The fourth-order valence-electron chi connectivity index (χ4n) is 1.69. The number of nitrogens with zero attached hydrogens (tertiary/aromatic N) is 2. The fraction of sp³-hybridized carbons (Fsp3) is 0.429. The molecule has 1 aromatic carbocycles. The van der Waals surface area contributed by atoms with Gasteiger partial charge in [-0.15, -0.1) is 0 Å². The number of benzene rings is 1. The van der Waals surface area contributed by atoms with Crippen molar-refractivity contribution in [1.29, 1.82) is 0 Å². The smallest absolute Gasteiger partial charge is 0.324 e. The van der Waals surface area contributed by atoms with Gasteiger partial charge in [0, 0.05) is 18.8 Å². The van der Waals surface area contributed by atoms with Crippen molar-refractivity contribution in [2.75, 3.05) is 18.5 Å². The molecule has 1 N–H and O–H groups in total. The first-order chi connectivity index (χ1) is 8.82. The number of carbonyl (C=O) groups is 2. The van der Waals surface area contributed by atoms with Gasteiger partial charge in [0.2, 0.25) is 0 Å². The Balaban J connectivity index is 2.89. The van der Waals surface area contributed by atoms with Gasteiger partial charge in [0.15, 0.2) is 0 Å². The monoisotopic (exact) mass is 264 g/mol. The molecule has 104 valence electrons. The Hall–Kier alpha value is -2.04. The van der Waals surface area contributed by atoms with Crippen molar-refractivity contribution in [3.05, 3.63) is 29.8 Å². The summed E-state index contributed by atoms with van der Waals surface area (Å²) in [5.74, 6) is -1.01. The largest absolute Gasteiger partial charge is 0.480 e. The molecule has 1 aromatic rings. The summed E-state index contributed by atoms with van der Waals surface area (Å²) < 4.78 is 0. The molecule has 0 heterocycles. The number of carboxylic acid groups (broad SMARTS) is 1. The molecule has 1 rings (SSSR count). The van der Waals surface area contributed by atoms with Crippen LogP contribution in [0.3, 0.4) is 0 Å². The average molecular weight is 264 g/mol. The maximum absolute atomic E-state index is 12.3. The number of carbonyl (C=O) groups excluding carboxylic acids is 1. The minimum Gasteiger partial charge on any atom is -0.480 e. The van der Waals surface area contributed by atoms with E-state index in [1.165, 1.54) is 9.80 Å². The van der Waals surface area contributed by atoms with Crippen molar-refractivity contribution in [2.45, 2.75) is 26.8 Å². The Labute approximate surface area is 113 Å². The highest BCUT2D eigenvalue weighted by Gasteiger charge is 2.23. The summed E-state index contributed by atoms with van der Waals surface area (Å²) in [6, 6.07) is 7.02. The van der Waals surface area contributed by atoms with Gasteiger partial charge in [-0.25, -0.2) is 4.79 Å². The first-order valence-corrected chi connectivity index (χ1v) is 6.15. The topological polar surface area (TPSA) is 60.9 Å². The second-order valence-corrected chi connectivity index (χ2v) is 4.79. The zero-order valence-electron chi connectivity index (χ0n) is 11.8. The van der Waals surface area contributed by atoms with E-state index in [-0.39, 0.29) is 18.6 Å². The predicted molar refractivity (Wildman–Crippen MR) is 74.5 cm³/mol. The van der Waals surface area contributed by atoms with Crippen LogP contribution in [-0.2, 0) is 4.79 Å². The van der Waals surface area contributed by atoms with Crippen molar-refractivity contribution in [2.24, 2.45) is 0 Å². The van der Waals surface area contributed by atoms with Crippen LogP contribution in [-0.4, -0.2) is 41.6 Å². The second-order valence-electron chi connectivity index (χ2n) is 4.79. The molecule has 0 saturated heterocycles. The van der Waals surface area contributed by atoms with Crippen molar-refractivity contribution in [3.8, 4) is 0 Å². The number of anilines is 1. The summed E-state index contributed by atoms with van der Waals surface area (Å²) in [4.78, 5) is 25.9. The molecule has 0 fully saturated rings. The van der Waals surface area contributed by atoms with E-state index < -0.39 is 5.97 Å². The maximum atomic E-state index is 12.3. The van der Waals surface area contributed by atoms with Crippen LogP contribution >= 0.6 is 0 Å². The van der Waals surface area contributed by atoms with Crippen molar-refractivity contribution in [3.63, 3.8) is 0 Å². The molecule has 5 heteroatoms. The molecular weight excluding hydrogens is 244 g/mol. The van der Waals surface area contributed by atoms with Crippen molar-refractivity contribution in [1.82, 2.24) is 4.90 Å². The van der Waals surface area contributed by atoms with Crippen LogP contribution in [0.2, 0.25) is 0 Å². The minimum absolute atomic E-state index is 0.170. The lowest BCUT2D eigenvalue weighted by Gasteiger charge is -2.30. The molecule has 0 spiro atoms. The predicted octanol–water partition coefficient (Wildman–Crippen LogP) is 2.35. The molecule has 19 heavy (non-hydrogen) atoms. The maximum Gasteiger partial charge on any atom is 0.324 e. The Morgan fingerprint density at radius 1 is 1.21 bits per heavy atom. The van der Waals surface area contributed by atoms with E-state index >= 15 is 0 Å². The molecule has 0 unspecified atom stereocenters. The van der Waals surface area contributed by atoms with E-state index in [0.717, 1.165) is 11.3 Å². The van der Waals surface area contributed by atoms with Crippen LogP contribution in [0.4, 0.5) is 10.5 Å².